The number of nitro groups is 1. The number of aliphatic hydroxyl groups is 1. The third-order valence-corrected chi connectivity index (χ3v) is 2.81. The number of non-ortho nitro benzene ring substituents is 1. The molecule has 23 heavy (non-hydrogen) atoms. The monoisotopic (exact) mass is 307 g/mol. The highest BCUT2D eigenvalue weighted by molar-refractivity contribution is 5.50. The summed E-state index contributed by atoms with van der Waals surface area (Å²) in [6, 6.07) is 13.2. The predicted molar refractivity (Wildman–Crippen MR) is 85.9 cm³/mol. The Kier molecular flexibility index (Phi) is 5.76. The van der Waals surface area contributed by atoms with E-state index in [-0.39, 0.29) is 18.9 Å². The van der Waals surface area contributed by atoms with Gasteiger partial charge in [-0.3, -0.25) is 10.1 Å². The molecule has 5 nitrogen and oxygen atoms in total. The van der Waals surface area contributed by atoms with Crippen LogP contribution in [-0.4, -0.2) is 23.2 Å². The van der Waals surface area contributed by atoms with Gasteiger partial charge < -0.3 is 9.84 Å². The smallest absolute Gasteiger partial charge is 0.269 e. The fraction of sp³-hybridized carbons (Fsp3) is 0.111. The van der Waals surface area contributed by atoms with E-state index >= 15 is 0 Å². The van der Waals surface area contributed by atoms with E-state index in [9.17, 15) is 10.1 Å². The Morgan fingerprint density at radius 2 is 1.61 bits per heavy atom. The fourth-order valence-electron chi connectivity index (χ4n) is 1.75. The maximum absolute atomic E-state index is 10.6. The second kappa shape index (κ2) is 8.23. The van der Waals surface area contributed by atoms with Gasteiger partial charge in [-0.15, -0.1) is 0 Å². The molecule has 0 radical (unpaired) electrons. The van der Waals surface area contributed by atoms with Crippen molar-refractivity contribution < 1.29 is 14.8 Å². The topological polar surface area (TPSA) is 72.6 Å². The summed E-state index contributed by atoms with van der Waals surface area (Å²) < 4.78 is 5.41. The summed E-state index contributed by atoms with van der Waals surface area (Å²) in [5.41, 5.74) is 1.50. The Morgan fingerprint density at radius 1 is 1.00 bits per heavy atom. The van der Waals surface area contributed by atoms with Gasteiger partial charge in [-0.1, -0.05) is 35.8 Å². The van der Waals surface area contributed by atoms with Crippen LogP contribution in [0, 0.1) is 33.8 Å². The minimum absolute atomic E-state index is 0.0137. The van der Waals surface area contributed by atoms with Crippen LogP contribution in [0.1, 0.15) is 11.1 Å². The van der Waals surface area contributed by atoms with Crippen molar-refractivity contribution in [3.8, 4) is 29.4 Å². The summed E-state index contributed by atoms with van der Waals surface area (Å²) in [7, 11) is 0. The van der Waals surface area contributed by atoms with Crippen molar-refractivity contribution in [1.29, 1.82) is 0 Å². The molecule has 114 valence electrons. The summed E-state index contributed by atoms with van der Waals surface area (Å²) >= 11 is 0. The molecule has 0 spiro atoms. The zero-order chi connectivity index (χ0) is 16.5. The molecule has 0 aliphatic rings. The van der Waals surface area contributed by atoms with E-state index in [1.165, 1.54) is 24.3 Å². The molecule has 1 N–H and O–H groups in total. The third kappa shape index (κ3) is 4.89. The molecule has 0 aliphatic carbocycles. The lowest BCUT2D eigenvalue weighted by atomic mass is 10.1. The highest BCUT2D eigenvalue weighted by Crippen LogP contribution is 2.17. The first kappa shape index (κ1) is 16.1. The Balaban J connectivity index is 2.00. The molecule has 0 saturated heterocycles. The molecule has 0 amide bonds. The molecule has 0 aliphatic heterocycles. The minimum Gasteiger partial charge on any atom is -0.481 e. The van der Waals surface area contributed by atoms with Crippen molar-refractivity contribution >= 4 is 5.69 Å². The molecular weight excluding hydrogens is 294 g/mol. The number of nitro benzene ring substituents is 1. The Labute approximate surface area is 133 Å². The van der Waals surface area contributed by atoms with Crippen LogP contribution in [0.4, 0.5) is 5.69 Å². The summed E-state index contributed by atoms with van der Waals surface area (Å²) in [6.45, 7) is -0.0510. The predicted octanol–water partition coefficient (Wildman–Crippen LogP) is 2.37. The van der Waals surface area contributed by atoms with E-state index < -0.39 is 4.92 Å². The van der Waals surface area contributed by atoms with E-state index in [1.807, 2.05) is 24.3 Å². The van der Waals surface area contributed by atoms with Crippen LogP contribution in [0.5, 0.6) is 5.75 Å². The van der Waals surface area contributed by atoms with Crippen LogP contribution < -0.4 is 4.74 Å². The zero-order valence-electron chi connectivity index (χ0n) is 12.2. The van der Waals surface area contributed by atoms with Gasteiger partial charge in [0.1, 0.15) is 19.0 Å². The van der Waals surface area contributed by atoms with Crippen molar-refractivity contribution in [1.82, 2.24) is 0 Å². The molecule has 0 heterocycles. The first-order valence-corrected chi connectivity index (χ1v) is 6.75. The molecule has 2 rings (SSSR count). The number of benzene rings is 2. The van der Waals surface area contributed by atoms with E-state index in [0.29, 0.717) is 5.75 Å². The second-order valence-corrected chi connectivity index (χ2v) is 4.35. The highest BCUT2D eigenvalue weighted by atomic mass is 16.6. The first-order chi connectivity index (χ1) is 11.2. The normalized spacial score (nSPS) is 9.09. The van der Waals surface area contributed by atoms with E-state index in [0.717, 1.165) is 11.1 Å². The number of nitrogens with zero attached hydrogens (tertiary/aromatic N) is 1. The summed E-state index contributed by atoms with van der Waals surface area (Å²) in [5.74, 6) is 11.8. The van der Waals surface area contributed by atoms with Crippen LogP contribution in [-0.2, 0) is 0 Å². The second-order valence-electron chi connectivity index (χ2n) is 4.35. The van der Waals surface area contributed by atoms with Crippen molar-refractivity contribution in [2.75, 3.05) is 13.2 Å². The molecule has 0 fully saturated rings. The molecule has 0 unspecified atom stereocenters. The summed E-state index contributed by atoms with van der Waals surface area (Å²) in [6.07, 6.45) is 0. The highest BCUT2D eigenvalue weighted by Gasteiger charge is 2.03. The van der Waals surface area contributed by atoms with Gasteiger partial charge in [-0.05, 0) is 24.3 Å². The van der Waals surface area contributed by atoms with Crippen LogP contribution >= 0.6 is 0 Å². The lowest BCUT2D eigenvalue weighted by molar-refractivity contribution is -0.384. The van der Waals surface area contributed by atoms with Gasteiger partial charge in [0.05, 0.1) is 4.92 Å². The fourth-order valence-corrected chi connectivity index (χ4v) is 1.75. The SMILES string of the molecule is O=[N+]([O-])c1ccc(OCC#Cc2ccccc2C#CCO)cc1. The number of hydrogen-bond acceptors (Lipinski definition) is 4. The lowest BCUT2D eigenvalue weighted by Gasteiger charge is -2.00. The van der Waals surface area contributed by atoms with Gasteiger partial charge in [0, 0.05) is 23.3 Å². The molecule has 0 bridgehead atoms. The maximum Gasteiger partial charge on any atom is 0.269 e. The standard InChI is InChI=1S/C18H13NO4/c20-13-3-7-15-5-1-2-6-16(15)8-4-14-23-18-11-9-17(10-12-18)19(21)22/h1-2,5-6,9-12,20H,13-14H2. The largest absolute Gasteiger partial charge is 0.481 e. The van der Waals surface area contributed by atoms with Gasteiger partial charge >= 0.3 is 0 Å². The van der Waals surface area contributed by atoms with Gasteiger partial charge in [0.2, 0.25) is 0 Å². The van der Waals surface area contributed by atoms with Crippen LogP contribution in [0.15, 0.2) is 48.5 Å². The van der Waals surface area contributed by atoms with E-state index in [4.69, 9.17) is 9.84 Å². The third-order valence-electron chi connectivity index (χ3n) is 2.81. The first-order valence-electron chi connectivity index (χ1n) is 6.75. The molecule has 0 atom stereocenters. The maximum atomic E-state index is 10.6. The number of ether oxygens (including phenoxy) is 1. The Hall–Kier alpha value is -3.28. The van der Waals surface area contributed by atoms with Gasteiger partial charge in [0.15, 0.2) is 0 Å². The van der Waals surface area contributed by atoms with E-state index in [2.05, 4.69) is 23.7 Å². The average molecular weight is 307 g/mol. The number of rotatable bonds is 3. The Morgan fingerprint density at radius 3 is 2.17 bits per heavy atom. The Bertz CT molecular complexity index is 805. The molecule has 5 heteroatoms. The zero-order valence-corrected chi connectivity index (χ0v) is 12.2. The van der Waals surface area contributed by atoms with Gasteiger partial charge in [-0.25, -0.2) is 0 Å². The molecule has 2 aromatic carbocycles. The van der Waals surface area contributed by atoms with Crippen molar-refractivity contribution in [2.45, 2.75) is 0 Å². The molecular formula is C18H13NO4. The van der Waals surface area contributed by atoms with Crippen molar-refractivity contribution in [3.05, 3.63) is 69.8 Å². The minimum atomic E-state index is -0.464. The van der Waals surface area contributed by atoms with Crippen LogP contribution in [0.3, 0.4) is 0 Å². The number of aliphatic hydroxyl groups excluding tert-OH is 1. The summed E-state index contributed by atoms with van der Waals surface area (Å²) in [5, 5.41) is 19.3. The van der Waals surface area contributed by atoms with Crippen molar-refractivity contribution in [2.24, 2.45) is 0 Å². The summed E-state index contributed by atoms with van der Waals surface area (Å²) in [4.78, 5) is 10.1. The quantitative estimate of drug-likeness (QED) is 0.537. The average Bonchev–Trinajstić information content (AvgIpc) is 2.58. The number of hydrogen-bond donors (Lipinski definition) is 1. The van der Waals surface area contributed by atoms with Crippen LogP contribution in [0.2, 0.25) is 0 Å². The molecule has 0 aromatic heterocycles. The van der Waals surface area contributed by atoms with E-state index in [1.54, 1.807) is 0 Å². The van der Waals surface area contributed by atoms with Gasteiger partial charge in [0.25, 0.3) is 5.69 Å². The molecule has 0 saturated carbocycles. The van der Waals surface area contributed by atoms with Crippen LogP contribution in [0.25, 0.3) is 0 Å². The van der Waals surface area contributed by atoms with Gasteiger partial charge in [-0.2, -0.15) is 0 Å². The molecule has 2 aromatic rings. The van der Waals surface area contributed by atoms with Crippen molar-refractivity contribution in [3.63, 3.8) is 0 Å². The lowest BCUT2D eigenvalue weighted by Crippen LogP contribution is -1.95.